The Bertz CT molecular complexity index is 1060. The first-order chi connectivity index (χ1) is 10.8. The molecule has 0 atom stereocenters. The van der Waals surface area contributed by atoms with Gasteiger partial charge in [0.15, 0.2) is 0 Å². The lowest BCUT2D eigenvalue weighted by Crippen LogP contribution is -2.29. The van der Waals surface area contributed by atoms with E-state index in [2.05, 4.69) is 0 Å². The molecule has 7 heteroatoms. The minimum Gasteiger partial charge on any atom is -0.399 e. The minimum absolute atomic E-state index is 0.248. The zero-order valence-electron chi connectivity index (χ0n) is 12.9. The molecule has 6 nitrogen and oxygen atoms in total. The first-order valence-corrected chi connectivity index (χ1v) is 8.66. The van der Waals surface area contributed by atoms with Gasteiger partial charge >= 0.3 is 5.69 Å². The molecule has 0 saturated heterocycles. The smallest absolute Gasteiger partial charge is 0.342 e. The van der Waals surface area contributed by atoms with Gasteiger partial charge in [-0.3, -0.25) is 4.57 Å². The SMILES string of the molecule is Cc1cccc(CS(=O)(=O)n2c(=O)n(C)c3ccc(N)cc32)c1. The fourth-order valence-electron chi connectivity index (χ4n) is 2.67. The normalized spacial score (nSPS) is 11.9. The largest absolute Gasteiger partial charge is 0.399 e. The van der Waals surface area contributed by atoms with Gasteiger partial charge in [-0.05, 0) is 30.7 Å². The first kappa shape index (κ1) is 15.4. The summed E-state index contributed by atoms with van der Waals surface area (Å²) in [5.41, 5.74) is 7.98. The first-order valence-electron chi connectivity index (χ1n) is 7.05. The van der Waals surface area contributed by atoms with Gasteiger partial charge in [0.2, 0.25) is 10.0 Å². The average molecular weight is 331 g/mol. The van der Waals surface area contributed by atoms with Crippen LogP contribution in [0.1, 0.15) is 11.1 Å². The highest BCUT2D eigenvalue weighted by atomic mass is 32.2. The number of nitrogen functional groups attached to an aromatic ring is 1. The molecule has 0 fully saturated rings. The van der Waals surface area contributed by atoms with Crippen molar-refractivity contribution >= 4 is 26.7 Å². The molecule has 3 aromatic rings. The number of aromatic nitrogens is 2. The quantitative estimate of drug-likeness (QED) is 0.739. The lowest BCUT2D eigenvalue weighted by atomic mass is 10.2. The number of hydrogen-bond acceptors (Lipinski definition) is 4. The summed E-state index contributed by atoms with van der Waals surface area (Å²) in [6.07, 6.45) is 0. The van der Waals surface area contributed by atoms with Crippen LogP contribution in [0.5, 0.6) is 0 Å². The second-order valence-corrected chi connectivity index (χ2v) is 7.42. The van der Waals surface area contributed by atoms with Gasteiger partial charge < -0.3 is 5.73 Å². The number of hydrogen-bond donors (Lipinski definition) is 1. The van der Waals surface area contributed by atoms with Crippen molar-refractivity contribution in [3.8, 4) is 0 Å². The van der Waals surface area contributed by atoms with Gasteiger partial charge in [0.05, 0.1) is 16.8 Å². The molecule has 0 spiro atoms. The Hall–Kier alpha value is -2.54. The van der Waals surface area contributed by atoms with Gasteiger partial charge in [0.25, 0.3) is 0 Å². The van der Waals surface area contributed by atoms with E-state index in [0.29, 0.717) is 22.3 Å². The van der Waals surface area contributed by atoms with E-state index in [0.717, 1.165) is 9.54 Å². The van der Waals surface area contributed by atoms with Crippen molar-refractivity contribution in [1.29, 1.82) is 0 Å². The number of anilines is 1. The van der Waals surface area contributed by atoms with E-state index in [-0.39, 0.29) is 5.75 Å². The number of aryl methyl sites for hydroxylation is 2. The highest BCUT2D eigenvalue weighted by molar-refractivity contribution is 7.89. The second-order valence-electron chi connectivity index (χ2n) is 5.60. The number of fused-ring (bicyclic) bond motifs is 1. The molecule has 2 N–H and O–H groups in total. The summed E-state index contributed by atoms with van der Waals surface area (Å²) in [7, 11) is -2.31. The maximum atomic E-state index is 12.8. The summed E-state index contributed by atoms with van der Waals surface area (Å²) < 4.78 is 27.7. The highest BCUT2D eigenvalue weighted by Gasteiger charge is 2.22. The van der Waals surface area contributed by atoms with Crippen LogP contribution in [0.15, 0.2) is 47.3 Å². The summed E-state index contributed by atoms with van der Waals surface area (Å²) in [4.78, 5) is 12.4. The fourth-order valence-corrected chi connectivity index (χ4v) is 4.21. The van der Waals surface area contributed by atoms with E-state index in [9.17, 15) is 13.2 Å². The molecule has 1 heterocycles. The van der Waals surface area contributed by atoms with Crippen molar-refractivity contribution in [3.63, 3.8) is 0 Å². The van der Waals surface area contributed by atoms with Gasteiger partial charge in [-0.2, -0.15) is 3.97 Å². The van der Waals surface area contributed by atoms with E-state index in [1.54, 1.807) is 37.4 Å². The molecule has 3 rings (SSSR count). The number of nitrogens with zero attached hydrogens (tertiary/aromatic N) is 2. The molecular formula is C16H17N3O3S. The number of rotatable bonds is 3. The summed E-state index contributed by atoms with van der Waals surface area (Å²) in [6, 6.07) is 12.0. The van der Waals surface area contributed by atoms with Crippen LogP contribution in [0.3, 0.4) is 0 Å². The summed E-state index contributed by atoms with van der Waals surface area (Å²) in [6.45, 7) is 1.89. The van der Waals surface area contributed by atoms with Crippen LogP contribution < -0.4 is 11.4 Å². The molecule has 0 aliphatic heterocycles. The molecular weight excluding hydrogens is 314 g/mol. The summed E-state index contributed by atoms with van der Waals surface area (Å²) in [5, 5.41) is 0. The maximum absolute atomic E-state index is 12.8. The highest BCUT2D eigenvalue weighted by Crippen LogP contribution is 2.19. The third-order valence-electron chi connectivity index (χ3n) is 3.75. The molecule has 0 saturated carbocycles. The topological polar surface area (TPSA) is 87.1 Å². The van der Waals surface area contributed by atoms with Crippen molar-refractivity contribution in [2.75, 3.05) is 5.73 Å². The van der Waals surface area contributed by atoms with Gasteiger partial charge in [0.1, 0.15) is 0 Å². The van der Waals surface area contributed by atoms with E-state index in [1.807, 2.05) is 13.0 Å². The van der Waals surface area contributed by atoms with Crippen molar-refractivity contribution in [2.45, 2.75) is 12.7 Å². The van der Waals surface area contributed by atoms with Crippen LogP contribution in [-0.4, -0.2) is 17.0 Å². The Labute approximate surface area is 133 Å². The van der Waals surface area contributed by atoms with Crippen molar-refractivity contribution in [1.82, 2.24) is 8.54 Å². The van der Waals surface area contributed by atoms with Crippen molar-refractivity contribution in [3.05, 3.63) is 64.1 Å². The van der Waals surface area contributed by atoms with Crippen molar-refractivity contribution in [2.24, 2.45) is 7.05 Å². The zero-order valence-corrected chi connectivity index (χ0v) is 13.7. The number of nitrogens with two attached hydrogens (primary N) is 1. The van der Waals surface area contributed by atoms with Crippen LogP contribution in [0, 0.1) is 6.92 Å². The average Bonchev–Trinajstić information content (AvgIpc) is 2.70. The Morgan fingerprint density at radius 1 is 1.09 bits per heavy atom. The van der Waals surface area contributed by atoms with E-state index < -0.39 is 15.7 Å². The third kappa shape index (κ3) is 2.63. The second kappa shape index (κ2) is 5.27. The minimum atomic E-state index is -3.86. The Morgan fingerprint density at radius 3 is 2.52 bits per heavy atom. The molecule has 0 aliphatic carbocycles. The molecule has 0 amide bonds. The van der Waals surface area contributed by atoms with Gasteiger partial charge in [0, 0.05) is 12.7 Å². The lowest BCUT2D eigenvalue weighted by molar-refractivity contribution is 0.585. The summed E-state index contributed by atoms with van der Waals surface area (Å²) in [5.74, 6) is -0.248. The standard InChI is InChI=1S/C16H17N3O3S/c1-11-4-3-5-12(8-11)10-23(21,22)19-15-9-13(17)6-7-14(15)18(2)16(19)20/h3-9H,10,17H2,1-2H3. The van der Waals surface area contributed by atoms with Gasteiger partial charge in [-0.15, -0.1) is 0 Å². The van der Waals surface area contributed by atoms with Crippen LogP contribution in [0.2, 0.25) is 0 Å². The molecule has 0 bridgehead atoms. The Balaban J connectivity index is 2.21. The van der Waals surface area contributed by atoms with Crippen LogP contribution in [0.25, 0.3) is 11.0 Å². The number of benzene rings is 2. The predicted octanol–water partition coefficient (Wildman–Crippen LogP) is 1.61. The van der Waals surface area contributed by atoms with E-state index in [4.69, 9.17) is 5.73 Å². The lowest BCUT2D eigenvalue weighted by Gasteiger charge is -2.07. The van der Waals surface area contributed by atoms with Crippen LogP contribution in [0.4, 0.5) is 5.69 Å². The summed E-state index contributed by atoms with van der Waals surface area (Å²) >= 11 is 0. The Morgan fingerprint density at radius 2 is 1.83 bits per heavy atom. The molecule has 0 aliphatic rings. The third-order valence-corrected chi connectivity index (χ3v) is 5.36. The molecule has 0 unspecified atom stereocenters. The molecule has 120 valence electrons. The monoisotopic (exact) mass is 331 g/mol. The number of imidazole rings is 1. The Kier molecular flexibility index (Phi) is 3.52. The van der Waals surface area contributed by atoms with Gasteiger partial charge in [-0.1, -0.05) is 29.8 Å². The van der Waals surface area contributed by atoms with Crippen LogP contribution in [-0.2, 0) is 22.8 Å². The van der Waals surface area contributed by atoms with E-state index in [1.165, 1.54) is 10.6 Å². The molecule has 2 aromatic carbocycles. The predicted molar refractivity (Wildman–Crippen MR) is 90.8 cm³/mol. The van der Waals surface area contributed by atoms with Crippen molar-refractivity contribution < 1.29 is 8.42 Å². The maximum Gasteiger partial charge on any atom is 0.342 e. The molecule has 0 radical (unpaired) electrons. The van der Waals surface area contributed by atoms with E-state index >= 15 is 0 Å². The molecule has 1 aromatic heterocycles. The fraction of sp³-hybridized carbons (Fsp3) is 0.188. The van der Waals surface area contributed by atoms with Crippen LogP contribution >= 0.6 is 0 Å². The van der Waals surface area contributed by atoms with Gasteiger partial charge in [-0.25, -0.2) is 13.2 Å². The zero-order chi connectivity index (χ0) is 16.8. The molecule has 23 heavy (non-hydrogen) atoms.